The third-order valence-electron chi connectivity index (χ3n) is 2.52. The van der Waals surface area contributed by atoms with Gasteiger partial charge in [-0.3, -0.25) is 9.88 Å². The molecular weight excluding hydrogens is 274 g/mol. The van der Waals surface area contributed by atoms with Crippen LogP contribution in [0.3, 0.4) is 0 Å². The first-order valence-corrected chi connectivity index (χ1v) is 6.00. The lowest BCUT2D eigenvalue weighted by Crippen LogP contribution is -2.38. The van der Waals surface area contributed by atoms with Gasteiger partial charge < -0.3 is 9.84 Å². The van der Waals surface area contributed by atoms with E-state index in [2.05, 4.69) is 30.8 Å². The third kappa shape index (κ3) is 3.21. The van der Waals surface area contributed by atoms with Crippen LogP contribution in [0.2, 0.25) is 0 Å². The fourth-order valence-electron chi connectivity index (χ4n) is 1.62. The van der Waals surface area contributed by atoms with Gasteiger partial charge in [0.15, 0.2) is 0 Å². The lowest BCUT2D eigenvalue weighted by atomic mass is 10.2. The zero-order valence-corrected chi connectivity index (χ0v) is 10.4. The lowest BCUT2D eigenvalue weighted by molar-refractivity contribution is 0.0135. The average Bonchev–Trinajstić information content (AvgIpc) is 2.31. The first-order chi connectivity index (χ1) is 7.75. The highest BCUT2D eigenvalue weighted by molar-refractivity contribution is 9.10. The molecule has 1 atom stereocenters. The Balaban J connectivity index is 1.91. The van der Waals surface area contributed by atoms with Gasteiger partial charge in [-0.1, -0.05) is 0 Å². The van der Waals surface area contributed by atoms with Crippen molar-refractivity contribution in [1.29, 1.82) is 0 Å². The number of rotatable bonds is 3. The second-order valence-corrected chi connectivity index (χ2v) is 4.51. The summed E-state index contributed by atoms with van der Waals surface area (Å²) in [6.07, 6.45) is 2.60. The first-order valence-electron chi connectivity index (χ1n) is 5.21. The second-order valence-electron chi connectivity index (χ2n) is 3.69. The molecule has 1 aliphatic rings. The Kier molecular flexibility index (Phi) is 4.22. The molecule has 0 aromatic carbocycles. The van der Waals surface area contributed by atoms with E-state index in [9.17, 15) is 5.11 Å². The van der Waals surface area contributed by atoms with E-state index in [0.29, 0.717) is 16.8 Å². The quantitative estimate of drug-likeness (QED) is 0.883. The summed E-state index contributed by atoms with van der Waals surface area (Å²) >= 11 is 3.21. The number of aliphatic hydroxyl groups is 1. The van der Waals surface area contributed by atoms with Crippen LogP contribution in [-0.4, -0.2) is 52.8 Å². The summed E-state index contributed by atoms with van der Waals surface area (Å²) in [7, 11) is 0. The minimum Gasteiger partial charge on any atom is -0.385 e. The molecule has 1 saturated heterocycles. The van der Waals surface area contributed by atoms with Crippen LogP contribution in [0.1, 0.15) is 11.8 Å². The molecule has 0 saturated carbocycles. The number of ether oxygens (including phenoxy) is 1. The van der Waals surface area contributed by atoms with Gasteiger partial charge >= 0.3 is 0 Å². The van der Waals surface area contributed by atoms with Gasteiger partial charge in [0.05, 0.1) is 31.3 Å². The monoisotopic (exact) mass is 287 g/mol. The van der Waals surface area contributed by atoms with Gasteiger partial charge in [-0.25, -0.2) is 4.98 Å². The topological polar surface area (TPSA) is 58.5 Å². The van der Waals surface area contributed by atoms with Crippen LogP contribution in [0, 0.1) is 0 Å². The first kappa shape index (κ1) is 11.9. The van der Waals surface area contributed by atoms with E-state index >= 15 is 0 Å². The van der Waals surface area contributed by atoms with Gasteiger partial charge in [0.2, 0.25) is 0 Å². The van der Waals surface area contributed by atoms with Crippen molar-refractivity contribution < 1.29 is 9.84 Å². The molecule has 1 aliphatic heterocycles. The zero-order chi connectivity index (χ0) is 11.4. The Morgan fingerprint density at radius 1 is 1.38 bits per heavy atom. The maximum atomic E-state index is 9.96. The molecule has 1 N–H and O–H groups in total. The van der Waals surface area contributed by atoms with Crippen LogP contribution in [0.25, 0.3) is 0 Å². The molecule has 0 spiro atoms. The van der Waals surface area contributed by atoms with E-state index in [1.54, 1.807) is 12.4 Å². The van der Waals surface area contributed by atoms with Crippen molar-refractivity contribution in [3.8, 4) is 0 Å². The molecule has 2 heterocycles. The van der Waals surface area contributed by atoms with E-state index in [0.717, 1.165) is 26.3 Å². The standard InChI is InChI=1S/C10H14BrN3O2/c11-10-6-12-8(5-13-10)9(15)7-14-1-3-16-4-2-14/h5-6,9,15H,1-4,7H2. The summed E-state index contributed by atoms with van der Waals surface area (Å²) in [6.45, 7) is 3.78. The van der Waals surface area contributed by atoms with E-state index in [1.807, 2.05) is 0 Å². The van der Waals surface area contributed by atoms with Gasteiger partial charge in [0, 0.05) is 19.6 Å². The van der Waals surface area contributed by atoms with Crippen molar-refractivity contribution in [2.45, 2.75) is 6.10 Å². The predicted molar refractivity (Wildman–Crippen MR) is 62.0 cm³/mol. The van der Waals surface area contributed by atoms with Crippen molar-refractivity contribution >= 4 is 15.9 Å². The normalized spacial score (nSPS) is 19.6. The SMILES string of the molecule is OC(CN1CCOCC1)c1cnc(Br)cn1. The van der Waals surface area contributed by atoms with Crippen LogP contribution >= 0.6 is 15.9 Å². The van der Waals surface area contributed by atoms with Gasteiger partial charge in [0.25, 0.3) is 0 Å². The molecular formula is C10H14BrN3O2. The van der Waals surface area contributed by atoms with Crippen molar-refractivity contribution in [2.24, 2.45) is 0 Å². The Hall–Kier alpha value is -0.560. The molecule has 6 heteroatoms. The summed E-state index contributed by atoms with van der Waals surface area (Å²) in [5.41, 5.74) is 0.606. The van der Waals surface area contributed by atoms with Gasteiger partial charge in [-0.05, 0) is 15.9 Å². The number of nitrogens with zero attached hydrogens (tertiary/aromatic N) is 3. The molecule has 2 rings (SSSR count). The minimum absolute atomic E-state index is 0.583. The second kappa shape index (κ2) is 5.67. The molecule has 0 bridgehead atoms. The molecule has 1 fully saturated rings. The Bertz CT molecular complexity index is 327. The van der Waals surface area contributed by atoms with Crippen molar-refractivity contribution in [3.05, 3.63) is 22.7 Å². The zero-order valence-electron chi connectivity index (χ0n) is 8.84. The fourth-order valence-corrected chi connectivity index (χ4v) is 1.82. The molecule has 0 amide bonds. The lowest BCUT2D eigenvalue weighted by Gasteiger charge is -2.28. The molecule has 88 valence electrons. The van der Waals surface area contributed by atoms with E-state index in [-0.39, 0.29) is 0 Å². The average molecular weight is 288 g/mol. The molecule has 5 nitrogen and oxygen atoms in total. The largest absolute Gasteiger partial charge is 0.385 e. The smallest absolute Gasteiger partial charge is 0.124 e. The highest BCUT2D eigenvalue weighted by Crippen LogP contribution is 2.13. The molecule has 0 radical (unpaired) electrons. The number of β-amino-alcohol motifs (C(OH)–C–C–N with tert-alkyl or cyclic N) is 1. The molecule has 16 heavy (non-hydrogen) atoms. The predicted octanol–water partition coefficient (Wildman–Crippen LogP) is 0.605. The number of halogens is 1. The Labute approximate surface area is 103 Å². The number of aromatic nitrogens is 2. The van der Waals surface area contributed by atoms with Crippen molar-refractivity contribution in [2.75, 3.05) is 32.8 Å². The summed E-state index contributed by atoms with van der Waals surface area (Å²) in [5.74, 6) is 0. The third-order valence-corrected chi connectivity index (χ3v) is 2.93. The van der Waals surface area contributed by atoms with E-state index < -0.39 is 6.10 Å². The number of aliphatic hydroxyl groups excluding tert-OH is 1. The van der Waals surface area contributed by atoms with Crippen LogP contribution in [0.15, 0.2) is 17.0 Å². The minimum atomic E-state index is -0.585. The van der Waals surface area contributed by atoms with Gasteiger partial charge in [-0.2, -0.15) is 0 Å². The molecule has 1 aromatic heterocycles. The van der Waals surface area contributed by atoms with E-state index in [1.165, 1.54) is 0 Å². The number of morpholine rings is 1. The maximum absolute atomic E-state index is 9.96. The summed E-state index contributed by atoms with van der Waals surface area (Å²) in [6, 6.07) is 0. The molecule has 0 aliphatic carbocycles. The number of hydrogen-bond acceptors (Lipinski definition) is 5. The Morgan fingerprint density at radius 3 is 2.75 bits per heavy atom. The van der Waals surface area contributed by atoms with Crippen LogP contribution in [0.5, 0.6) is 0 Å². The summed E-state index contributed by atoms with van der Waals surface area (Å²) < 4.78 is 5.92. The number of hydrogen-bond donors (Lipinski definition) is 1. The Morgan fingerprint density at radius 2 is 2.12 bits per heavy atom. The molecule has 1 unspecified atom stereocenters. The van der Waals surface area contributed by atoms with Gasteiger partial charge in [-0.15, -0.1) is 0 Å². The highest BCUT2D eigenvalue weighted by atomic mass is 79.9. The van der Waals surface area contributed by atoms with Crippen LogP contribution < -0.4 is 0 Å². The molecule has 1 aromatic rings. The van der Waals surface area contributed by atoms with Crippen molar-refractivity contribution in [1.82, 2.24) is 14.9 Å². The highest BCUT2D eigenvalue weighted by Gasteiger charge is 2.17. The van der Waals surface area contributed by atoms with Crippen molar-refractivity contribution in [3.63, 3.8) is 0 Å². The van der Waals surface area contributed by atoms with E-state index in [4.69, 9.17) is 4.74 Å². The summed E-state index contributed by atoms with van der Waals surface area (Å²) in [5, 5.41) is 9.96. The fraction of sp³-hybridized carbons (Fsp3) is 0.600. The van der Waals surface area contributed by atoms with Gasteiger partial charge in [0.1, 0.15) is 10.7 Å². The summed E-state index contributed by atoms with van der Waals surface area (Å²) in [4.78, 5) is 10.3. The maximum Gasteiger partial charge on any atom is 0.124 e. The van der Waals surface area contributed by atoms with Crippen LogP contribution in [-0.2, 0) is 4.74 Å². The van der Waals surface area contributed by atoms with Crippen LogP contribution in [0.4, 0.5) is 0 Å².